The van der Waals surface area contributed by atoms with Crippen LogP contribution in [0.5, 0.6) is 5.75 Å². The zero-order valence-corrected chi connectivity index (χ0v) is 8.09. The maximum Gasteiger partial charge on any atom is 0.358 e. The van der Waals surface area contributed by atoms with E-state index in [2.05, 4.69) is 5.10 Å². The molecule has 1 aliphatic heterocycles. The largest absolute Gasteiger partial charge is 0.504 e. The second kappa shape index (κ2) is 3.90. The molecule has 1 saturated heterocycles. The van der Waals surface area contributed by atoms with Crippen LogP contribution in [0.1, 0.15) is 23.3 Å². The molecule has 0 bridgehead atoms. The second-order valence-corrected chi connectivity index (χ2v) is 3.50. The summed E-state index contributed by atoms with van der Waals surface area (Å²) in [4.78, 5) is 10.8. The van der Waals surface area contributed by atoms with Crippen LogP contribution >= 0.6 is 0 Å². The molecule has 1 aromatic rings. The maximum atomic E-state index is 10.8. The Kier molecular flexibility index (Phi) is 2.59. The Labute approximate surface area is 86.1 Å². The molecule has 6 nitrogen and oxygen atoms in total. The van der Waals surface area contributed by atoms with E-state index in [0.717, 1.165) is 19.0 Å². The number of carbonyl (C=O) groups is 1. The summed E-state index contributed by atoms with van der Waals surface area (Å²) >= 11 is 0. The van der Waals surface area contributed by atoms with Gasteiger partial charge in [0.1, 0.15) is 0 Å². The van der Waals surface area contributed by atoms with Crippen molar-refractivity contribution in [3.63, 3.8) is 0 Å². The van der Waals surface area contributed by atoms with E-state index in [4.69, 9.17) is 9.84 Å². The van der Waals surface area contributed by atoms with Gasteiger partial charge in [0.25, 0.3) is 0 Å². The summed E-state index contributed by atoms with van der Waals surface area (Å²) in [6, 6.07) is 0. The molecule has 2 heterocycles. The van der Waals surface area contributed by atoms with Crippen molar-refractivity contribution in [3.05, 3.63) is 11.9 Å². The first-order valence-electron chi connectivity index (χ1n) is 4.78. The number of carboxylic acids is 1. The third kappa shape index (κ3) is 1.94. The highest BCUT2D eigenvalue weighted by atomic mass is 16.5. The normalized spacial score (nSPS) is 20.7. The number of aromatic hydroxyl groups is 1. The molecule has 2 N–H and O–H groups in total. The minimum absolute atomic E-state index is 0.00222. The SMILES string of the molecule is O=C(O)c1c(O)cnn1CC1CCCO1. The molecule has 0 aliphatic carbocycles. The summed E-state index contributed by atoms with van der Waals surface area (Å²) in [6.45, 7) is 1.09. The molecule has 0 amide bonds. The van der Waals surface area contributed by atoms with Crippen LogP contribution in [0.25, 0.3) is 0 Å². The highest BCUT2D eigenvalue weighted by Gasteiger charge is 2.22. The van der Waals surface area contributed by atoms with Gasteiger partial charge in [-0.1, -0.05) is 0 Å². The smallest absolute Gasteiger partial charge is 0.358 e. The fraction of sp³-hybridized carbons (Fsp3) is 0.556. The summed E-state index contributed by atoms with van der Waals surface area (Å²) in [7, 11) is 0. The third-order valence-electron chi connectivity index (χ3n) is 2.42. The lowest BCUT2D eigenvalue weighted by molar-refractivity contribution is 0.0661. The molecular formula is C9H12N2O4. The van der Waals surface area contributed by atoms with Crippen molar-refractivity contribution in [1.82, 2.24) is 9.78 Å². The maximum absolute atomic E-state index is 10.8. The van der Waals surface area contributed by atoms with Crippen LogP contribution in [0.3, 0.4) is 0 Å². The first kappa shape index (κ1) is 9.97. The Hall–Kier alpha value is -1.56. The van der Waals surface area contributed by atoms with E-state index in [1.54, 1.807) is 0 Å². The van der Waals surface area contributed by atoms with Crippen molar-refractivity contribution in [2.75, 3.05) is 6.61 Å². The van der Waals surface area contributed by atoms with E-state index in [0.29, 0.717) is 13.2 Å². The summed E-state index contributed by atoms with van der Waals surface area (Å²) in [5, 5.41) is 21.9. The predicted molar refractivity (Wildman–Crippen MR) is 49.8 cm³/mol. The summed E-state index contributed by atoms with van der Waals surface area (Å²) in [5.74, 6) is -1.48. The lowest BCUT2D eigenvalue weighted by atomic mass is 10.2. The van der Waals surface area contributed by atoms with Gasteiger partial charge >= 0.3 is 5.97 Å². The minimum atomic E-state index is -1.18. The van der Waals surface area contributed by atoms with Crippen LogP contribution in [-0.2, 0) is 11.3 Å². The average molecular weight is 212 g/mol. The van der Waals surface area contributed by atoms with Crippen molar-refractivity contribution < 1.29 is 19.7 Å². The molecule has 1 aromatic heterocycles. The number of aromatic nitrogens is 2. The molecule has 0 saturated carbocycles. The van der Waals surface area contributed by atoms with Crippen LogP contribution < -0.4 is 0 Å². The van der Waals surface area contributed by atoms with Crippen LogP contribution in [0.15, 0.2) is 6.20 Å². The minimum Gasteiger partial charge on any atom is -0.504 e. The molecule has 1 fully saturated rings. The Balaban J connectivity index is 2.16. The Morgan fingerprint density at radius 2 is 2.53 bits per heavy atom. The van der Waals surface area contributed by atoms with Crippen LogP contribution in [0.2, 0.25) is 0 Å². The van der Waals surface area contributed by atoms with Gasteiger partial charge in [0.2, 0.25) is 0 Å². The van der Waals surface area contributed by atoms with Crippen molar-refractivity contribution >= 4 is 5.97 Å². The van der Waals surface area contributed by atoms with Gasteiger partial charge in [-0.25, -0.2) is 4.79 Å². The van der Waals surface area contributed by atoms with E-state index in [1.807, 2.05) is 0 Å². The average Bonchev–Trinajstić information content (AvgIpc) is 2.76. The lowest BCUT2D eigenvalue weighted by Gasteiger charge is -2.10. The molecular weight excluding hydrogens is 200 g/mol. The van der Waals surface area contributed by atoms with Crippen LogP contribution in [0.4, 0.5) is 0 Å². The van der Waals surface area contributed by atoms with E-state index in [1.165, 1.54) is 4.68 Å². The Morgan fingerprint density at radius 1 is 1.73 bits per heavy atom. The summed E-state index contributed by atoms with van der Waals surface area (Å²) in [5.41, 5.74) is -0.175. The van der Waals surface area contributed by atoms with Crippen molar-refractivity contribution in [1.29, 1.82) is 0 Å². The Bertz CT molecular complexity index is 368. The molecule has 0 aromatic carbocycles. The van der Waals surface area contributed by atoms with Gasteiger partial charge < -0.3 is 14.9 Å². The number of nitrogens with zero attached hydrogens (tertiary/aromatic N) is 2. The highest BCUT2D eigenvalue weighted by Crippen LogP contribution is 2.19. The zero-order valence-electron chi connectivity index (χ0n) is 8.09. The van der Waals surface area contributed by atoms with Gasteiger partial charge in [-0.3, -0.25) is 4.68 Å². The van der Waals surface area contributed by atoms with Crippen LogP contribution in [0, 0.1) is 0 Å². The monoisotopic (exact) mass is 212 g/mol. The molecule has 0 spiro atoms. The van der Waals surface area contributed by atoms with Crippen LogP contribution in [-0.4, -0.2) is 38.7 Å². The second-order valence-electron chi connectivity index (χ2n) is 3.50. The molecule has 1 unspecified atom stereocenters. The Morgan fingerprint density at radius 3 is 3.13 bits per heavy atom. The first-order valence-corrected chi connectivity index (χ1v) is 4.78. The van der Waals surface area contributed by atoms with E-state index >= 15 is 0 Å². The van der Waals surface area contributed by atoms with E-state index in [9.17, 15) is 9.90 Å². The molecule has 15 heavy (non-hydrogen) atoms. The molecule has 0 radical (unpaired) electrons. The molecule has 1 atom stereocenters. The summed E-state index contributed by atoms with van der Waals surface area (Å²) < 4.78 is 6.64. The number of carboxylic acid groups (broad SMARTS) is 1. The highest BCUT2D eigenvalue weighted by molar-refractivity contribution is 5.88. The van der Waals surface area contributed by atoms with Gasteiger partial charge in [0.05, 0.1) is 18.8 Å². The number of ether oxygens (including phenoxy) is 1. The van der Waals surface area contributed by atoms with Gasteiger partial charge in [0, 0.05) is 6.61 Å². The lowest BCUT2D eigenvalue weighted by Crippen LogP contribution is -2.19. The van der Waals surface area contributed by atoms with Gasteiger partial charge in [-0.2, -0.15) is 5.10 Å². The number of hydrogen-bond acceptors (Lipinski definition) is 4. The van der Waals surface area contributed by atoms with Crippen molar-refractivity contribution in [2.45, 2.75) is 25.5 Å². The third-order valence-corrected chi connectivity index (χ3v) is 2.42. The summed E-state index contributed by atoms with van der Waals surface area (Å²) in [6.07, 6.45) is 3.03. The fourth-order valence-corrected chi connectivity index (χ4v) is 1.72. The predicted octanol–water partition coefficient (Wildman–Crippen LogP) is 0.466. The fourth-order valence-electron chi connectivity index (χ4n) is 1.72. The topological polar surface area (TPSA) is 84.6 Å². The molecule has 1 aliphatic rings. The van der Waals surface area contributed by atoms with Gasteiger partial charge in [-0.15, -0.1) is 0 Å². The number of hydrogen-bond donors (Lipinski definition) is 2. The number of rotatable bonds is 3. The standard InChI is InChI=1S/C9H12N2O4/c12-7-4-10-11(8(7)9(13)14)5-6-2-1-3-15-6/h4,6,12H,1-3,5H2,(H,13,14). The number of aromatic carboxylic acids is 1. The van der Waals surface area contributed by atoms with E-state index in [-0.39, 0.29) is 17.5 Å². The first-order chi connectivity index (χ1) is 7.18. The quantitative estimate of drug-likeness (QED) is 0.760. The van der Waals surface area contributed by atoms with Crippen molar-refractivity contribution in [2.24, 2.45) is 0 Å². The molecule has 6 heteroatoms. The molecule has 2 rings (SSSR count). The van der Waals surface area contributed by atoms with Gasteiger partial charge in [0.15, 0.2) is 11.4 Å². The molecule has 82 valence electrons. The van der Waals surface area contributed by atoms with Crippen molar-refractivity contribution in [3.8, 4) is 5.75 Å². The van der Waals surface area contributed by atoms with Gasteiger partial charge in [-0.05, 0) is 12.8 Å². The zero-order chi connectivity index (χ0) is 10.8. The van der Waals surface area contributed by atoms with E-state index < -0.39 is 5.97 Å².